The normalized spacial score (nSPS) is 16.4. The van der Waals surface area contributed by atoms with Gasteiger partial charge in [-0.1, -0.05) is 35.5 Å². The zero-order valence-electron chi connectivity index (χ0n) is 23.7. The Kier molecular flexibility index (Phi) is 7.96. The van der Waals surface area contributed by atoms with Crippen LogP contribution in [0.5, 0.6) is 0 Å². The Morgan fingerprint density at radius 2 is 1.60 bits per heavy atom. The number of nitrogens with one attached hydrogen (secondary N) is 1. The average molecular weight is 626 g/mol. The van der Waals surface area contributed by atoms with E-state index in [4.69, 9.17) is 28.8 Å². The maximum absolute atomic E-state index is 11.0. The molecule has 6 rings (SSSR count). The summed E-state index contributed by atoms with van der Waals surface area (Å²) in [5.41, 5.74) is 7.59. The van der Waals surface area contributed by atoms with Crippen LogP contribution in [-0.2, 0) is 0 Å². The number of rotatable bonds is 7. The maximum Gasteiger partial charge on any atom is 0.269 e. The fraction of sp³-hybridized carbons (Fsp3) is 0.152. The highest BCUT2D eigenvalue weighted by Crippen LogP contribution is 2.46. The number of halogens is 1. The van der Waals surface area contributed by atoms with E-state index in [0.717, 1.165) is 38.2 Å². The van der Waals surface area contributed by atoms with Crippen LogP contribution in [0.4, 0.5) is 11.4 Å². The molecule has 1 fully saturated rings. The topological polar surface area (TPSA) is 76.2 Å². The Labute approximate surface area is 264 Å². The van der Waals surface area contributed by atoms with E-state index in [1.54, 1.807) is 23.9 Å². The number of anilines is 1. The molecule has 1 N–H and O–H groups in total. The van der Waals surface area contributed by atoms with Gasteiger partial charge in [-0.25, -0.2) is 0 Å². The van der Waals surface area contributed by atoms with Crippen LogP contribution in [0.1, 0.15) is 40.3 Å². The second kappa shape index (κ2) is 11.8. The first-order valence-electron chi connectivity index (χ1n) is 13.7. The quantitative estimate of drug-likeness (QED) is 0.110. The monoisotopic (exact) mass is 625 g/mol. The standard InChI is InChI=1S/C33H28ClN5O2S2/c1-20-21(2)37(26-8-6-7-23(34)19-26)22(3)30(20)32-31(29-9-4-5-18-35-29)36-33(42)38(32)24-10-14-27(15-11-24)43-28-16-12-25(13-17-28)39(40)41/h4-19,31-32H,1-3H3,(H,36,42)/t31-,32+/m1/s1. The SMILES string of the molecule is Cc1c([C@H]2[C@@H](c3ccccn3)NC(=S)N2c2ccc(Sc3ccc([N+](=O)[O-])cc3)cc2)c(C)n(-c2cccc(Cl)c2)c1C. The van der Waals surface area contributed by atoms with Gasteiger partial charge in [-0.3, -0.25) is 15.1 Å². The second-order valence-corrected chi connectivity index (χ2v) is 12.3. The maximum atomic E-state index is 11.0. The summed E-state index contributed by atoms with van der Waals surface area (Å²) in [5, 5.41) is 15.9. The van der Waals surface area contributed by atoms with Crippen LogP contribution >= 0.6 is 35.6 Å². The minimum Gasteiger partial charge on any atom is -0.351 e. The van der Waals surface area contributed by atoms with E-state index in [0.29, 0.717) is 10.1 Å². The van der Waals surface area contributed by atoms with Crippen molar-refractivity contribution in [3.05, 3.63) is 141 Å². The molecule has 0 saturated carbocycles. The molecule has 5 aromatic rings. The first-order valence-corrected chi connectivity index (χ1v) is 15.3. The van der Waals surface area contributed by atoms with Crippen LogP contribution in [-0.4, -0.2) is 19.6 Å². The number of aromatic nitrogens is 2. The van der Waals surface area contributed by atoms with E-state index in [9.17, 15) is 10.1 Å². The summed E-state index contributed by atoms with van der Waals surface area (Å²) < 4.78 is 2.26. The van der Waals surface area contributed by atoms with Gasteiger partial charge >= 0.3 is 0 Å². The zero-order chi connectivity index (χ0) is 30.2. The lowest BCUT2D eigenvalue weighted by molar-refractivity contribution is -0.384. The third kappa shape index (κ3) is 5.51. The Bertz CT molecular complexity index is 1830. The average Bonchev–Trinajstić information content (AvgIpc) is 3.45. The number of pyridine rings is 1. The van der Waals surface area contributed by atoms with Crippen molar-refractivity contribution in [2.45, 2.75) is 42.6 Å². The highest BCUT2D eigenvalue weighted by atomic mass is 35.5. The number of non-ortho nitro benzene ring substituents is 1. The molecule has 7 nitrogen and oxygen atoms in total. The van der Waals surface area contributed by atoms with Crippen molar-refractivity contribution in [2.24, 2.45) is 0 Å². The van der Waals surface area contributed by atoms with Crippen molar-refractivity contribution in [3.8, 4) is 5.69 Å². The first-order chi connectivity index (χ1) is 20.7. The van der Waals surface area contributed by atoms with E-state index < -0.39 is 0 Å². The van der Waals surface area contributed by atoms with E-state index in [-0.39, 0.29) is 22.7 Å². The smallest absolute Gasteiger partial charge is 0.269 e. The van der Waals surface area contributed by atoms with Crippen molar-refractivity contribution in [1.82, 2.24) is 14.9 Å². The lowest BCUT2D eigenvalue weighted by atomic mass is 9.93. The van der Waals surface area contributed by atoms with Crippen molar-refractivity contribution in [1.29, 1.82) is 0 Å². The Hall–Kier alpha value is -4.18. The van der Waals surface area contributed by atoms with Crippen LogP contribution in [0, 0.1) is 30.9 Å². The van der Waals surface area contributed by atoms with E-state index in [1.165, 1.54) is 23.3 Å². The largest absolute Gasteiger partial charge is 0.351 e. The molecule has 2 aromatic heterocycles. The number of hydrogen-bond acceptors (Lipinski definition) is 5. The number of thiocarbonyl (C=S) groups is 1. The molecule has 1 aliphatic heterocycles. The molecule has 1 saturated heterocycles. The van der Waals surface area contributed by atoms with Crippen molar-refractivity contribution in [3.63, 3.8) is 0 Å². The van der Waals surface area contributed by atoms with Gasteiger partial charge in [0, 0.05) is 61.5 Å². The molecular formula is C33H28ClN5O2S2. The molecule has 0 radical (unpaired) electrons. The summed E-state index contributed by atoms with van der Waals surface area (Å²) in [7, 11) is 0. The van der Waals surface area contributed by atoms with E-state index in [2.05, 4.69) is 65.9 Å². The third-order valence-electron chi connectivity index (χ3n) is 7.87. The van der Waals surface area contributed by atoms with Gasteiger partial charge < -0.3 is 14.8 Å². The molecule has 216 valence electrons. The lowest BCUT2D eigenvalue weighted by Gasteiger charge is -2.29. The third-order valence-corrected chi connectivity index (χ3v) is 9.43. The summed E-state index contributed by atoms with van der Waals surface area (Å²) in [6.07, 6.45) is 1.81. The summed E-state index contributed by atoms with van der Waals surface area (Å²) in [5.74, 6) is 0. The highest BCUT2D eigenvalue weighted by molar-refractivity contribution is 7.99. The van der Waals surface area contributed by atoms with Gasteiger partial charge in [0.15, 0.2) is 5.11 Å². The minimum atomic E-state index is -0.390. The molecule has 0 bridgehead atoms. The summed E-state index contributed by atoms with van der Waals surface area (Å²) in [6.45, 7) is 6.45. The molecule has 3 aromatic carbocycles. The van der Waals surface area contributed by atoms with Gasteiger partial charge in [0.25, 0.3) is 5.69 Å². The first kappa shape index (κ1) is 28.9. The predicted octanol–water partition coefficient (Wildman–Crippen LogP) is 8.69. The van der Waals surface area contributed by atoms with Gasteiger partial charge in [-0.2, -0.15) is 0 Å². The van der Waals surface area contributed by atoms with E-state index in [1.807, 2.05) is 42.6 Å². The number of hydrogen-bond donors (Lipinski definition) is 1. The summed E-state index contributed by atoms with van der Waals surface area (Å²) in [4.78, 5) is 19.5. The molecule has 10 heteroatoms. The van der Waals surface area contributed by atoms with Gasteiger partial charge in [-0.05, 0) is 105 Å². The summed E-state index contributed by atoms with van der Waals surface area (Å²) in [6, 6.07) is 28.4. The zero-order valence-corrected chi connectivity index (χ0v) is 26.1. The van der Waals surface area contributed by atoms with Crippen LogP contribution in [0.3, 0.4) is 0 Å². The molecule has 0 spiro atoms. The molecule has 43 heavy (non-hydrogen) atoms. The summed E-state index contributed by atoms with van der Waals surface area (Å²) >= 11 is 13.9. The molecular weight excluding hydrogens is 598 g/mol. The van der Waals surface area contributed by atoms with E-state index >= 15 is 0 Å². The molecule has 0 aliphatic carbocycles. The minimum absolute atomic E-state index is 0.0771. The highest BCUT2D eigenvalue weighted by Gasteiger charge is 2.43. The molecule has 2 atom stereocenters. The lowest BCUT2D eigenvalue weighted by Crippen LogP contribution is -2.29. The van der Waals surface area contributed by atoms with Gasteiger partial charge in [-0.15, -0.1) is 0 Å². The van der Waals surface area contributed by atoms with Crippen LogP contribution in [0.15, 0.2) is 107 Å². The Morgan fingerprint density at radius 3 is 2.23 bits per heavy atom. The van der Waals surface area contributed by atoms with Crippen molar-refractivity contribution >= 4 is 52.1 Å². The number of nitro benzene ring substituents is 1. The molecule has 3 heterocycles. The molecule has 1 aliphatic rings. The second-order valence-electron chi connectivity index (χ2n) is 10.4. The fourth-order valence-electron chi connectivity index (χ4n) is 5.82. The van der Waals surface area contributed by atoms with Crippen molar-refractivity contribution < 1.29 is 4.92 Å². The molecule has 0 unspecified atom stereocenters. The van der Waals surface area contributed by atoms with Gasteiger partial charge in [0.05, 0.1) is 22.7 Å². The number of nitro groups is 1. The predicted molar refractivity (Wildman–Crippen MR) is 177 cm³/mol. The number of nitrogens with zero attached hydrogens (tertiary/aromatic N) is 4. The van der Waals surface area contributed by atoms with Crippen molar-refractivity contribution in [2.75, 3.05) is 4.90 Å². The molecule has 0 amide bonds. The Balaban J connectivity index is 1.40. The van der Waals surface area contributed by atoms with Crippen LogP contribution in [0.2, 0.25) is 5.02 Å². The van der Waals surface area contributed by atoms with Gasteiger partial charge in [0.1, 0.15) is 0 Å². The number of benzene rings is 3. The van der Waals surface area contributed by atoms with Crippen LogP contribution in [0.25, 0.3) is 5.69 Å². The fourth-order valence-corrected chi connectivity index (χ4v) is 7.16. The van der Waals surface area contributed by atoms with Crippen LogP contribution < -0.4 is 10.2 Å². The Morgan fingerprint density at radius 1 is 0.907 bits per heavy atom. The van der Waals surface area contributed by atoms with Gasteiger partial charge in [0.2, 0.25) is 0 Å².